The molecule has 5 nitrogen and oxygen atoms in total. The number of ether oxygens (including phenoxy) is 1. The van der Waals surface area contributed by atoms with E-state index >= 15 is 0 Å². The molecule has 0 aliphatic carbocycles. The van der Waals surface area contributed by atoms with Crippen LogP contribution in [0.15, 0.2) is 30.3 Å². The van der Waals surface area contributed by atoms with Crippen molar-refractivity contribution in [3.8, 4) is 6.01 Å². The van der Waals surface area contributed by atoms with E-state index in [0.29, 0.717) is 5.95 Å². The summed E-state index contributed by atoms with van der Waals surface area (Å²) in [5.74, 6) is 0.468. The third kappa shape index (κ3) is 3.54. The molecule has 0 amide bonds. The van der Waals surface area contributed by atoms with Crippen LogP contribution in [0.5, 0.6) is 6.01 Å². The smallest absolute Gasteiger partial charge is 0.323 e. The van der Waals surface area contributed by atoms with Gasteiger partial charge in [0.15, 0.2) is 0 Å². The van der Waals surface area contributed by atoms with Crippen molar-refractivity contribution in [1.82, 2.24) is 15.0 Å². The maximum absolute atomic E-state index is 5.85. The monoisotopic (exact) mass is 278 g/mol. The van der Waals surface area contributed by atoms with Crippen LogP contribution < -0.4 is 9.64 Å². The first-order valence-corrected chi connectivity index (χ1v) is 6.24. The van der Waals surface area contributed by atoms with Crippen molar-refractivity contribution in [1.29, 1.82) is 0 Å². The largest absolute Gasteiger partial charge is 0.455 e. The highest BCUT2D eigenvalue weighted by atomic mass is 35.5. The molecule has 0 fully saturated rings. The zero-order valence-electron chi connectivity index (χ0n) is 11.0. The van der Waals surface area contributed by atoms with E-state index in [1.807, 2.05) is 51.4 Å². The minimum atomic E-state index is -0.158. The van der Waals surface area contributed by atoms with Crippen LogP contribution in [0, 0.1) is 0 Å². The molecule has 0 N–H and O–H groups in total. The van der Waals surface area contributed by atoms with Crippen molar-refractivity contribution in [3.05, 3.63) is 41.2 Å². The molecule has 1 atom stereocenters. The first-order chi connectivity index (χ1) is 9.06. The molecule has 6 heteroatoms. The zero-order chi connectivity index (χ0) is 13.8. The van der Waals surface area contributed by atoms with Crippen LogP contribution in [0.3, 0.4) is 0 Å². The van der Waals surface area contributed by atoms with Gasteiger partial charge in [0.25, 0.3) is 0 Å². The average molecular weight is 279 g/mol. The van der Waals surface area contributed by atoms with E-state index in [1.165, 1.54) is 0 Å². The molecular weight excluding hydrogens is 264 g/mol. The zero-order valence-corrected chi connectivity index (χ0v) is 11.8. The second kappa shape index (κ2) is 5.84. The predicted molar refractivity (Wildman–Crippen MR) is 74.6 cm³/mol. The minimum Gasteiger partial charge on any atom is -0.455 e. The predicted octanol–water partition coefficient (Wildman–Crippen LogP) is 2.73. The number of aromatic nitrogens is 3. The van der Waals surface area contributed by atoms with Crippen molar-refractivity contribution in [2.45, 2.75) is 13.0 Å². The van der Waals surface area contributed by atoms with Gasteiger partial charge in [-0.05, 0) is 24.1 Å². The molecule has 100 valence electrons. The van der Waals surface area contributed by atoms with Gasteiger partial charge in [-0.2, -0.15) is 15.0 Å². The molecule has 2 aromatic rings. The number of benzene rings is 1. The van der Waals surface area contributed by atoms with Crippen LogP contribution >= 0.6 is 11.6 Å². The molecule has 1 aromatic heterocycles. The fourth-order valence-corrected chi connectivity index (χ4v) is 1.67. The van der Waals surface area contributed by atoms with Gasteiger partial charge in [0.2, 0.25) is 11.2 Å². The fraction of sp³-hybridized carbons (Fsp3) is 0.308. The van der Waals surface area contributed by atoms with Crippen LogP contribution in [-0.4, -0.2) is 29.0 Å². The number of nitrogens with zero attached hydrogens (tertiary/aromatic N) is 4. The van der Waals surface area contributed by atoms with E-state index < -0.39 is 0 Å². The second-order valence-corrected chi connectivity index (χ2v) is 4.59. The van der Waals surface area contributed by atoms with Gasteiger partial charge in [-0.1, -0.05) is 30.3 Å². The highest BCUT2D eigenvalue weighted by molar-refractivity contribution is 6.28. The maximum atomic E-state index is 5.85. The molecule has 0 aliphatic heterocycles. The Kier molecular flexibility index (Phi) is 4.16. The SMILES string of the molecule is CC(Oc1nc(Cl)nc(N(C)C)n1)c1ccccc1. The Morgan fingerprint density at radius 2 is 1.79 bits per heavy atom. The summed E-state index contributed by atoms with van der Waals surface area (Å²) in [6.45, 7) is 1.93. The summed E-state index contributed by atoms with van der Waals surface area (Å²) in [4.78, 5) is 13.9. The van der Waals surface area contributed by atoms with E-state index in [-0.39, 0.29) is 17.4 Å². The first kappa shape index (κ1) is 13.5. The first-order valence-electron chi connectivity index (χ1n) is 5.87. The molecule has 0 aliphatic rings. The van der Waals surface area contributed by atoms with E-state index in [0.717, 1.165) is 5.56 Å². The fourth-order valence-electron chi connectivity index (χ4n) is 1.52. The topological polar surface area (TPSA) is 51.1 Å². The lowest BCUT2D eigenvalue weighted by atomic mass is 10.1. The minimum absolute atomic E-state index is 0.119. The summed E-state index contributed by atoms with van der Waals surface area (Å²) in [6.07, 6.45) is -0.158. The van der Waals surface area contributed by atoms with Gasteiger partial charge >= 0.3 is 6.01 Å². The lowest BCUT2D eigenvalue weighted by Crippen LogP contribution is -2.15. The van der Waals surface area contributed by atoms with Crippen LogP contribution in [-0.2, 0) is 0 Å². The summed E-state index contributed by atoms with van der Waals surface area (Å²) in [7, 11) is 3.66. The van der Waals surface area contributed by atoms with E-state index in [4.69, 9.17) is 16.3 Å². The lowest BCUT2D eigenvalue weighted by Gasteiger charge is -2.15. The van der Waals surface area contributed by atoms with E-state index in [2.05, 4.69) is 15.0 Å². The van der Waals surface area contributed by atoms with Crippen molar-refractivity contribution in [3.63, 3.8) is 0 Å². The molecular formula is C13H15ClN4O. The van der Waals surface area contributed by atoms with E-state index in [9.17, 15) is 0 Å². The van der Waals surface area contributed by atoms with Gasteiger partial charge in [-0.15, -0.1) is 0 Å². The van der Waals surface area contributed by atoms with Crippen LogP contribution in [0.4, 0.5) is 5.95 Å². The summed E-state index contributed by atoms with van der Waals surface area (Å²) in [6, 6.07) is 10.1. The molecule has 1 unspecified atom stereocenters. The highest BCUT2D eigenvalue weighted by Crippen LogP contribution is 2.20. The summed E-state index contributed by atoms with van der Waals surface area (Å²) in [5, 5.41) is 0.119. The van der Waals surface area contributed by atoms with Crippen LogP contribution in [0.2, 0.25) is 5.28 Å². The standard InChI is InChI=1S/C13H15ClN4O/c1-9(10-7-5-4-6-8-10)19-13-16-11(14)15-12(17-13)18(2)3/h4-9H,1-3H3. The van der Waals surface area contributed by atoms with Crippen molar-refractivity contribution in [2.24, 2.45) is 0 Å². The summed E-state index contributed by atoms with van der Waals surface area (Å²) >= 11 is 5.85. The summed E-state index contributed by atoms with van der Waals surface area (Å²) < 4.78 is 5.70. The van der Waals surface area contributed by atoms with Gasteiger partial charge < -0.3 is 9.64 Å². The Bertz CT molecular complexity index is 548. The number of hydrogen-bond acceptors (Lipinski definition) is 5. The Morgan fingerprint density at radius 1 is 1.11 bits per heavy atom. The normalized spacial score (nSPS) is 12.0. The molecule has 1 heterocycles. The van der Waals surface area contributed by atoms with Crippen molar-refractivity contribution >= 4 is 17.5 Å². The average Bonchev–Trinajstić information content (AvgIpc) is 2.39. The quantitative estimate of drug-likeness (QED) is 0.861. The Balaban J connectivity index is 2.19. The van der Waals surface area contributed by atoms with Gasteiger partial charge in [-0.25, -0.2) is 0 Å². The second-order valence-electron chi connectivity index (χ2n) is 4.25. The molecule has 0 saturated carbocycles. The van der Waals surface area contributed by atoms with Gasteiger partial charge in [0, 0.05) is 14.1 Å². The Morgan fingerprint density at radius 3 is 2.42 bits per heavy atom. The Hall–Kier alpha value is -1.88. The molecule has 1 aromatic carbocycles. The third-order valence-corrected chi connectivity index (χ3v) is 2.70. The third-order valence-electron chi connectivity index (χ3n) is 2.53. The molecule has 0 radical (unpaired) electrons. The molecule has 0 spiro atoms. The van der Waals surface area contributed by atoms with Crippen molar-refractivity contribution in [2.75, 3.05) is 19.0 Å². The van der Waals surface area contributed by atoms with Gasteiger partial charge in [0.1, 0.15) is 6.10 Å². The molecule has 0 bridgehead atoms. The van der Waals surface area contributed by atoms with Crippen molar-refractivity contribution < 1.29 is 4.74 Å². The van der Waals surface area contributed by atoms with E-state index in [1.54, 1.807) is 4.90 Å². The molecule has 19 heavy (non-hydrogen) atoms. The number of rotatable bonds is 4. The van der Waals surface area contributed by atoms with Gasteiger partial charge in [-0.3, -0.25) is 0 Å². The maximum Gasteiger partial charge on any atom is 0.323 e. The molecule has 2 rings (SSSR count). The highest BCUT2D eigenvalue weighted by Gasteiger charge is 2.12. The Labute approximate surface area is 117 Å². The summed E-state index contributed by atoms with van der Waals surface area (Å²) in [5.41, 5.74) is 1.05. The lowest BCUT2D eigenvalue weighted by molar-refractivity contribution is 0.207. The molecule has 0 saturated heterocycles. The van der Waals surface area contributed by atoms with Crippen LogP contribution in [0.1, 0.15) is 18.6 Å². The van der Waals surface area contributed by atoms with Gasteiger partial charge in [0.05, 0.1) is 0 Å². The number of halogens is 1. The number of hydrogen-bond donors (Lipinski definition) is 0. The number of anilines is 1. The van der Waals surface area contributed by atoms with Crippen LogP contribution in [0.25, 0.3) is 0 Å².